The highest BCUT2D eigenvalue weighted by atomic mass is 16.5. The second kappa shape index (κ2) is 10.3. The van der Waals surface area contributed by atoms with Crippen molar-refractivity contribution >= 4 is 11.8 Å². The highest BCUT2D eigenvalue weighted by Gasteiger charge is 2.25. The van der Waals surface area contributed by atoms with Gasteiger partial charge in [0.05, 0.1) is 14.2 Å². The minimum Gasteiger partial charge on any atom is -0.497 e. The topological polar surface area (TPSA) is 89.5 Å². The van der Waals surface area contributed by atoms with Gasteiger partial charge in [-0.1, -0.05) is 19.9 Å². The zero-order chi connectivity index (χ0) is 20.5. The Hall–Kier alpha value is -3.09. The summed E-state index contributed by atoms with van der Waals surface area (Å²) in [5.41, 5.74) is 1.26. The molecule has 0 unspecified atom stereocenters. The van der Waals surface area contributed by atoms with E-state index in [4.69, 9.17) is 9.47 Å². The number of aromatic nitrogens is 1. The lowest BCUT2D eigenvalue weighted by molar-refractivity contribution is -0.123. The van der Waals surface area contributed by atoms with Crippen LogP contribution >= 0.6 is 0 Å². The molecular weight excluding hydrogens is 358 g/mol. The van der Waals surface area contributed by atoms with Gasteiger partial charge in [0.1, 0.15) is 17.5 Å². The Morgan fingerprint density at radius 3 is 2.29 bits per heavy atom. The van der Waals surface area contributed by atoms with Crippen molar-refractivity contribution in [1.82, 2.24) is 15.6 Å². The first kappa shape index (κ1) is 21.2. The summed E-state index contributed by atoms with van der Waals surface area (Å²) in [6, 6.07) is 9.89. The van der Waals surface area contributed by atoms with Crippen LogP contribution < -0.4 is 20.1 Å². The number of hydrogen-bond acceptors (Lipinski definition) is 5. The lowest BCUT2D eigenvalue weighted by atomic mass is 10.0. The molecule has 2 aromatic rings. The summed E-state index contributed by atoms with van der Waals surface area (Å²) in [4.78, 5) is 29.5. The molecule has 1 aromatic carbocycles. The van der Waals surface area contributed by atoms with Crippen LogP contribution in [-0.4, -0.2) is 43.6 Å². The van der Waals surface area contributed by atoms with Crippen LogP contribution in [0.2, 0.25) is 0 Å². The van der Waals surface area contributed by atoms with E-state index in [0.717, 1.165) is 5.69 Å². The van der Waals surface area contributed by atoms with Gasteiger partial charge in [-0.3, -0.25) is 14.6 Å². The van der Waals surface area contributed by atoms with Gasteiger partial charge < -0.3 is 20.1 Å². The number of ether oxygens (including phenoxy) is 2. The van der Waals surface area contributed by atoms with Crippen molar-refractivity contribution in [1.29, 1.82) is 0 Å². The molecule has 0 saturated carbocycles. The van der Waals surface area contributed by atoms with Crippen molar-refractivity contribution < 1.29 is 19.1 Å². The number of amides is 2. The number of nitrogens with zero attached hydrogens (tertiary/aromatic N) is 1. The SMILES string of the molecule is COc1cc(OC)cc(C(=O)N[C@@H](C(=O)NCCc2ccccn2)C(C)C)c1. The maximum atomic E-state index is 12.7. The minimum atomic E-state index is -0.659. The number of rotatable bonds is 9. The van der Waals surface area contributed by atoms with E-state index in [1.807, 2.05) is 32.0 Å². The van der Waals surface area contributed by atoms with Gasteiger partial charge in [0, 0.05) is 36.5 Å². The summed E-state index contributed by atoms with van der Waals surface area (Å²) in [5.74, 6) is 0.340. The number of hydrogen-bond donors (Lipinski definition) is 2. The van der Waals surface area contributed by atoms with Gasteiger partial charge in [0.15, 0.2) is 0 Å². The molecule has 2 rings (SSSR count). The first-order valence-electron chi connectivity index (χ1n) is 9.16. The number of benzene rings is 1. The summed E-state index contributed by atoms with van der Waals surface area (Å²) < 4.78 is 10.4. The minimum absolute atomic E-state index is 0.0775. The number of carbonyl (C=O) groups excluding carboxylic acids is 2. The largest absolute Gasteiger partial charge is 0.497 e. The predicted molar refractivity (Wildman–Crippen MR) is 107 cm³/mol. The lowest BCUT2D eigenvalue weighted by Gasteiger charge is -2.22. The first-order valence-corrected chi connectivity index (χ1v) is 9.16. The number of methoxy groups -OCH3 is 2. The molecule has 0 aliphatic carbocycles. The van der Waals surface area contributed by atoms with Crippen molar-refractivity contribution in [3.63, 3.8) is 0 Å². The molecule has 2 amide bonds. The highest BCUT2D eigenvalue weighted by Crippen LogP contribution is 2.22. The molecule has 1 heterocycles. The van der Waals surface area contributed by atoms with Crippen LogP contribution in [0.25, 0.3) is 0 Å². The van der Waals surface area contributed by atoms with E-state index in [1.165, 1.54) is 14.2 Å². The molecule has 28 heavy (non-hydrogen) atoms. The monoisotopic (exact) mass is 385 g/mol. The third-order valence-corrected chi connectivity index (χ3v) is 4.26. The third kappa shape index (κ3) is 5.97. The maximum absolute atomic E-state index is 12.7. The maximum Gasteiger partial charge on any atom is 0.252 e. The Balaban J connectivity index is 2.01. The second-order valence-electron chi connectivity index (χ2n) is 6.66. The Kier molecular flexibility index (Phi) is 7.80. The smallest absolute Gasteiger partial charge is 0.252 e. The summed E-state index contributed by atoms with van der Waals surface area (Å²) in [7, 11) is 3.03. The van der Waals surface area contributed by atoms with Gasteiger partial charge in [-0.25, -0.2) is 0 Å². The summed E-state index contributed by atoms with van der Waals surface area (Å²) in [6.07, 6.45) is 2.34. The van der Waals surface area contributed by atoms with Crippen molar-refractivity contribution in [2.24, 2.45) is 5.92 Å². The van der Waals surface area contributed by atoms with Crippen LogP contribution in [0.3, 0.4) is 0 Å². The molecular formula is C21H27N3O4. The molecule has 0 aliphatic heterocycles. The van der Waals surface area contributed by atoms with Crippen LogP contribution in [-0.2, 0) is 11.2 Å². The van der Waals surface area contributed by atoms with Crippen LogP contribution in [0.15, 0.2) is 42.6 Å². The van der Waals surface area contributed by atoms with E-state index in [1.54, 1.807) is 24.4 Å². The third-order valence-electron chi connectivity index (χ3n) is 4.26. The second-order valence-corrected chi connectivity index (χ2v) is 6.66. The van der Waals surface area contributed by atoms with Gasteiger partial charge in [-0.05, 0) is 30.2 Å². The van der Waals surface area contributed by atoms with E-state index < -0.39 is 6.04 Å². The molecule has 7 nitrogen and oxygen atoms in total. The van der Waals surface area contributed by atoms with E-state index in [-0.39, 0.29) is 17.7 Å². The highest BCUT2D eigenvalue weighted by molar-refractivity contribution is 5.98. The van der Waals surface area contributed by atoms with Crippen LogP contribution in [0.4, 0.5) is 0 Å². The molecule has 0 bridgehead atoms. The van der Waals surface area contributed by atoms with E-state index >= 15 is 0 Å². The summed E-state index contributed by atoms with van der Waals surface area (Å²) in [5, 5.41) is 5.68. The van der Waals surface area contributed by atoms with Crippen LogP contribution in [0.5, 0.6) is 11.5 Å². The number of pyridine rings is 1. The van der Waals surface area contributed by atoms with E-state index in [9.17, 15) is 9.59 Å². The average molecular weight is 385 g/mol. The fourth-order valence-electron chi connectivity index (χ4n) is 2.67. The molecule has 0 spiro atoms. The fraction of sp³-hybridized carbons (Fsp3) is 0.381. The van der Waals surface area contributed by atoms with Gasteiger partial charge in [-0.15, -0.1) is 0 Å². The van der Waals surface area contributed by atoms with Gasteiger partial charge >= 0.3 is 0 Å². The summed E-state index contributed by atoms with van der Waals surface area (Å²) >= 11 is 0. The average Bonchev–Trinajstić information content (AvgIpc) is 2.71. The number of nitrogens with one attached hydrogen (secondary N) is 2. The van der Waals surface area contributed by atoms with E-state index in [0.29, 0.717) is 30.0 Å². The first-order chi connectivity index (χ1) is 13.4. The summed E-state index contributed by atoms with van der Waals surface area (Å²) in [6.45, 7) is 4.22. The quantitative estimate of drug-likeness (QED) is 0.691. The Morgan fingerprint density at radius 2 is 1.75 bits per heavy atom. The molecule has 2 N–H and O–H groups in total. The van der Waals surface area contributed by atoms with Gasteiger partial charge in [0.25, 0.3) is 5.91 Å². The molecule has 7 heteroatoms. The molecule has 150 valence electrons. The zero-order valence-electron chi connectivity index (χ0n) is 16.7. The van der Waals surface area contributed by atoms with Crippen molar-refractivity contribution in [3.8, 4) is 11.5 Å². The van der Waals surface area contributed by atoms with Gasteiger partial charge in [-0.2, -0.15) is 0 Å². The molecule has 0 saturated heterocycles. The van der Waals surface area contributed by atoms with Crippen molar-refractivity contribution in [3.05, 3.63) is 53.9 Å². The molecule has 1 atom stereocenters. The van der Waals surface area contributed by atoms with Crippen LogP contribution in [0, 0.1) is 5.92 Å². The molecule has 1 aromatic heterocycles. The normalized spacial score (nSPS) is 11.6. The molecule has 0 fully saturated rings. The Morgan fingerprint density at radius 1 is 1.07 bits per heavy atom. The Labute approximate surface area is 165 Å². The van der Waals surface area contributed by atoms with Gasteiger partial charge in [0.2, 0.25) is 5.91 Å². The van der Waals surface area contributed by atoms with Crippen molar-refractivity contribution in [2.45, 2.75) is 26.3 Å². The zero-order valence-corrected chi connectivity index (χ0v) is 16.7. The van der Waals surface area contributed by atoms with E-state index in [2.05, 4.69) is 15.6 Å². The van der Waals surface area contributed by atoms with Crippen LogP contribution in [0.1, 0.15) is 29.9 Å². The van der Waals surface area contributed by atoms with Crippen molar-refractivity contribution in [2.75, 3.05) is 20.8 Å². The number of carbonyl (C=O) groups is 2. The molecule has 0 radical (unpaired) electrons. The fourth-order valence-corrected chi connectivity index (χ4v) is 2.67. The molecule has 0 aliphatic rings. The lowest BCUT2D eigenvalue weighted by Crippen LogP contribution is -2.50. The standard InChI is InChI=1S/C21H27N3O4/c1-14(2)19(21(26)23-10-8-16-7-5-6-9-22-16)24-20(25)15-11-17(27-3)13-18(12-15)28-4/h5-7,9,11-14,19H,8,10H2,1-4H3,(H,23,26)(H,24,25)/t19-/m1/s1. The Bertz CT molecular complexity index is 771. The predicted octanol–water partition coefficient (Wildman–Crippen LogP) is 2.21.